The SMILES string of the molecule is COC(OC)c1ccc(/C([O-])=N/[n+]2cnn(C)c2)cc1. The Labute approximate surface area is 116 Å². The van der Waals surface area contributed by atoms with Gasteiger partial charge in [0.2, 0.25) is 6.33 Å². The normalized spacial score (nSPS) is 12.1. The number of aryl methyl sites for hydroxylation is 1. The molecule has 20 heavy (non-hydrogen) atoms. The maximum Gasteiger partial charge on any atom is 0.288 e. The molecule has 0 saturated carbocycles. The molecule has 0 aliphatic carbocycles. The van der Waals surface area contributed by atoms with E-state index < -0.39 is 6.29 Å². The molecule has 1 heterocycles. The van der Waals surface area contributed by atoms with Gasteiger partial charge in [0.25, 0.3) is 6.33 Å². The van der Waals surface area contributed by atoms with Gasteiger partial charge in [0.1, 0.15) is 0 Å². The first-order valence-electron chi connectivity index (χ1n) is 5.96. The second-order valence-corrected chi connectivity index (χ2v) is 4.13. The van der Waals surface area contributed by atoms with Crippen molar-refractivity contribution in [1.29, 1.82) is 0 Å². The number of hydrogen-bond donors (Lipinski definition) is 0. The monoisotopic (exact) mass is 276 g/mol. The van der Waals surface area contributed by atoms with Crippen LogP contribution >= 0.6 is 0 Å². The lowest BCUT2D eigenvalue weighted by atomic mass is 10.1. The summed E-state index contributed by atoms with van der Waals surface area (Å²) in [6.45, 7) is 0. The molecule has 0 radical (unpaired) electrons. The van der Waals surface area contributed by atoms with E-state index in [2.05, 4.69) is 10.2 Å². The Hall–Kier alpha value is -2.25. The largest absolute Gasteiger partial charge is 0.856 e. The first-order valence-corrected chi connectivity index (χ1v) is 5.96. The molecular weight excluding hydrogens is 260 g/mol. The molecule has 1 aromatic heterocycles. The van der Waals surface area contributed by atoms with Crippen molar-refractivity contribution in [3.05, 3.63) is 48.0 Å². The van der Waals surface area contributed by atoms with Gasteiger partial charge in [-0.05, 0) is 5.56 Å². The van der Waals surface area contributed by atoms with Crippen LogP contribution in [-0.2, 0) is 16.5 Å². The van der Waals surface area contributed by atoms with Crippen LogP contribution in [-0.4, -0.2) is 29.9 Å². The van der Waals surface area contributed by atoms with Crippen LogP contribution in [0.15, 0.2) is 42.0 Å². The van der Waals surface area contributed by atoms with Crippen LogP contribution in [0.1, 0.15) is 17.4 Å². The fourth-order valence-corrected chi connectivity index (χ4v) is 1.73. The number of hydrogen-bond acceptors (Lipinski definition) is 5. The van der Waals surface area contributed by atoms with E-state index in [-0.39, 0.29) is 5.90 Å². The van der Waals surface area contributed by atoms with Crippen molar-refractivity contribution in [2.75, 3.05) is 14.2 Å². The Morgan fingerprint density at radius 2 is 1.95 bits per heavy atom. The van der Waals surface area contributed by atoms with Gasteiger partial charge < -0.3 is 14.6 Å². The summed E-state index contributed by atoms with van der Waals surface area (Å²) in [6.07, 6.45) is 2.61. The maximum absolute atomic E-state index is 12.0. The summed E-state index contributed by atoms with van der Waals surface area (Å²) in [7, 11) is 4.87. The Morgan fingerprint density at radius 1 is 1.30 bits per heavy atom. The van der Waals surface area contributed by atoms with Crippen LogP contribution in [0.4, 0.5) is 0 Å². The molecule has 0 atom stereocenters. The molecule has 0 aliphatic heterocycles. The van der Waals surface area contributed by atoms with Crippen LogP contribution in [0.5, 0.6) is 0 Å². The van der Waals surface area contributed by atoms with Crippen molar-refractivity contribution in [3.8, 4) is 0 Å². The average Bonchev–Trinajstić information content (AvgIpc) is 2.86. The van der Waals surface area contributed by atoms with E-state index in [0.29, 0.717) is 5.56 Å². The van der Waals surface area contributed by atoms with Gasteiger partial charge in [-0.1, -0.05) is 24.3 Å². The first-order chi connectivity index (χ1) is 9.63. The number of benzene rings is 1. The van der Waals surface area contributed by atoms with Gasteiger partial charge in [-0.2, -0.15) is 0 Å². The van der Waals surface area contributed by atoms with Crippen molar-refractivity contribution in [1.82, 2.24) is 9.78 Å². The molecule has 0 bridgehead atoms. The molecule has 106 valence electrons. The van der Waals surface area contributed by atoms with Crippen LogP contribution in [0.25, 0.3) is 0 Å². The zero-order chi connectivity index (χ0) is 14.5. The molecule has 2 aromatic rings. The highest BCUT2D eigenvalue weighted by Crippen LogP contribution is 2.17. The molecule has 0 spiro atoms. The predicted molar refractivity (Wildman–Crippen MR) is 68.5 cm³/mol. The summed E-state index contributed by atoms with van der Waals surface area (Å²) in [5.41, 5.74) is 1.32. The summed E-state index contributed by atoms with van der Waals surface area (Å²) in [4.78, 5) is 0. The first kappa shape index (κ1) is 14.2. The van der Waals surface area contributed by atoms with E-state index >= 15 is 0 Å². The molecule has 0 N–H and O–H groups in total. The van der Waals surface area contributed by atoms with Gasteiger partial charge >= 0.3 is 0 Å². The van der Waals surface area contributed by atoms with Gasteiger partial charge in [0.05, 0.1) is 7.05 Å². The van der Waals surface area contributed by atoms with Gasteiger partial charge in [-0.3, -0.25) is 0 Å². The van der Waals surface area contributed by atoms with E-state index in [1.54, 1.807) is 56.5 Å². The van der Waals surface area contributed by atoms with E-state index in [1.165, 1.54) is 11.0 Å². The zero-order valence-electron chi connectivity index (χ0n) is 11.6. The van der Waals surface area contributed by atoms with E-state index in [0.717, 1.165) is 5.56 Å². The second-order valence-electron chi connectivity index (χ2n) is 4.13. The average molecular weight is 276 g/mol. The zero-order valence-corrected chi connectivity index (χ0v) is 11.6. The highest BCUT2D eigenvalue weighted by Gasteiger charge is 2.08. The number of methoxy groups -OCH3 is 2. The lowest BCUT2D eigenvalue weighted by molar-refractivity contribution is -0.682. The van der Waals surface area contributed by atoms with E-state index in [9.17, 15) is 5.11 Å². The molecule has 1 aromatic carbocycles. The number of ether oxygens (including phenoxy) is 2. The highest BCUT2D eigenvalue weighted by molar-refractivity contribution is 5.90. The topological polar surface area (TPSA) is 75.6 Å². The minimum absolute atomic E-state index is 0.346. The maximum atomic E-state index is 12.0. The smallest absolute Gasteiger partial charge is 0.288 e. The number of nitrogens with zero attached hydrogens (tertiary/aromatic N) is 4. The third kappa shape index (κ3) is 3.19. The predicted octanol–water partition coefficient (Wildman–Crippen LogP) is -0.431. The number of rotatable bonds is 5. The summed E-state index contributed by atoms with van der Waals surface area (Å²) >= 11 is 0. The summed E-state index contributed by atoms with van der Waals surface area (Å²) in [5.74, 6) is -0.346. The van der Waals surface area contributed by atoms with Gasteiger partial charge in [0, 0.05) is 30.8 Å². The summed E-state index contributed by atoms with van der Waals surface area (Å²) in [5, 5.41) is 19.8. The Kier molecular flexibility index (Phi) is 4.44. The van der Waals surface area contributed by atoms with Crippen molar-refractivity contribution in [2.24, 2.45) is 12.1 Å². The molecule has 0 unspecified atom stereocenters. The highest BCUT2D eigenvalue weighted by atomic mass is 16.7. The lowest BCUT2D eigenvalue weighted by Crippen LogP contribution is -2.32. The summed E-state index contributed by atoms with van der Waals surface area (Å²) in [6, 6.07) is 6.91. The van der Waals surface area contributed by atoms with E-state index in [4.69, 9.17) is 9.47 Å². The van der Waals surface area contributed by atoms with Gasteiger partial charge in [-0.15, -0.1) is 14.5 Å². The minimum atomic E-state index is -0.441. The Morgan fingerprint density at radius 3 is 2.45 bits per heavy atom. The van der Waals surface area contributed by atoms with Crippen molar-refractivity contribution in [2.45, 2.75) is 6.29 Å². The fraction of sp³-hybridized carbons (Fsp3) is 0.308. The van der Waals surface area contributed by atoms with Gasteiger partial charge in [-0.25, -0.2) is 0 Å². The summed E-state index contributed by atoms with van der Waals surface area (Å²) < 4.78 is 13.2. The van der Waals surface area contributed by atoms with Crippen molar-refractivity contribution >= 4 is 5.90 Å². The van der Waals surface area contributed by atoms with Crippen LogP contribution in [0, 0.1) is 0 Å². The third-order valence-corrected chi connectivity index (χ3v) is 2.70. The lowest BCUT2D eigenvalue weighted by Gasteiger charge is -2.15. The third-order valence-electron chi connectivity index (χ3n) is 2.70. The van der Waals surface area contributed by atoms with Crippen molar-refractivity contribution < 1.29 is 19.3 Å². The molecule has 2 rings (SSSR count). The fourth-order valence-electron chi connectivity index (χ4n) is 1.73. The Balaban J connectivity index is 2.19. The van der Waals surface area contributed by atoms with Crippen LogP contribution in [0.3, 0.4) is 0 Å². The minimum Gasteiger partial charge on any atom is -0.856 e. The standard InChI is InChI=1S/C13H16N4O3/c1-16-9-17(8-14-16)15-12(18)10-4-6-11(7-5-10)13(19-2)20-3/h4-9,13H,1-3H3. The molecule has 0 fully saturated rings. The van der Waals surface area contributed by atoms with Crippen molar-refractivity contribution in [3.63, 3.8) is 0 Å². The Bertz CT molecular complexity index is 588. The van der Waals surface area contributed by atoms with Gasteiger partial charge in [0.15, 0.2) is 6.29 Å². The quantitative estimate of drug-likeness (QED) is 0.321. The molecule has 0 aliphatic rings. The number of aromatic nitrogens is 3. The molecule has 7 nitrogen and oxygen atoms in total. The van der Waals surface area contributed by atoms with E-state index in [1.807, 2.05) is 0 Å². The molecular formula is C13H16N4O3. The second kappa shape index (κ2) is 6.27. The molecule has 0 amide bonds. The molecule has 0 saturated heterocycles. The van der Waals surface area contributed by atoms with Crippen LogP contribution in [0.2, 0.25) is 0 Å². The van der Waals surface area contributed by atoms with Crippen LogP contribution < -0.4 is 9.78 Å². The molecule has 7 heteroatoms.